The topological polar surface area (TPSA) is 38.3 Å². The summed E-state index contributed by atoms with van der Waals surface area (Å²) in [7, 11) is 0. The molecule has 0 spiro atoms. The molecule has 6 heteroatoms. The lowest BCUT2D eigenvalue weighted by Gasteiger charge is -2.15. The summed E-state index contributed by atoms with van der Waals surface area (Å²) in [5, 5.41) is 3.33. The van der Waals surface area contributed by atoms with Crippen molar-refractivity contribution in [2.45, 2.75) is 13.0 Å². The quantitative estimate of drug-likeness (QED) is 0.895. The van der Waals surface area contributed by atoms with Crippen LogP contribution in [0.1, 0.15) is 6.92 Å². The highest BCUT2D eigenvalue weighted by atomic mass is 35.5. The molecule has 0 aliphatic rings. The van der Waals surface area contributed by atoms with Crippen molar-refractivity contribution in [3.63, 3.8) is 0 Å². The van der Waals surface area contributed by atoms with Crippen LogP contribution in [0.15, 0.2) is 42.5 Å². The van der Waals surface area contributed by atoms with Crippen molar-refractivity contribution in [1.29, 1.82) is 0 Å². The van der Waals surface area contributed by atoms with E-state index in [1.54, 1.807) is 31.2 Å². The second kappa shape index (κ2) is 6.78. The van der Waals surface area contributed by atoms with E-state index in [1.807, 2.05) is 0 Å². The zero-order chi connectivity index (χ0) is 15.4. The number of hydrogen-bond donors (Lipinski definition) is 1. The molecule has 0 heterocycles. The first-order valence-corrected chi connectivity index (χ1v) is 6.89. The van der Waals surface area contributed by atoms with Crippen LogP contribution >= 0.6 is 23.2 Å². The van der Waals surface area contributed by atoms with Crippen molar-refractivity contribution < 1.29 is 13.9 Å². The van der Waals surface area contributed by atoms with Gasteiger partial charge in [0.25, 0.3) is 5.91 Å². The molecule has 0 bridgehead atoms. The molecular formula is C15H12Cl2FNO2. The van der Waals surface area contributed by atoms with Gasteiger partial charge >= 0.3 is 0 Å². The van der Waals surface area contributed by atoms with Crippen LogP contribution < -0.4 is 10.1 Å². The minimum atomic E-state index is -0.801. The number of halogens is 3. The van der Waals surface area contributed by atoms with Crippen LogP contribution in [0.4, 0.5) is 10.1 Å². The molecule has 0 aliphatic carbocycles. The molecule has 0 radical (unpaired) electrons. The largest absolute Gasteiger partial charge is 0.481 e. The first-order chi connectivity index (χ1) is 9.95. The van der Waals surface area contributed by atoms with Gasteiger partial charge in [-0.15, -0.1) is 0 Å². The van der Waals surface area contributed by atoms with Gasteiger partial charge in [-0.05, 0) is 49.4 Å². The summed E-state index contributed by atoms with van der Waals surface area (Å²) in [4.78, 5) is 12.0. The Morgan fingerprint density at radius 1 is 1.14 bits per heavy atom. The molecule has 2 rings (SSSR count). The fourth-order valence-electron chi connectivity index (χ4n) is 1.60. The molecular weight excluding hydrogens is 316 g/mol. The number of rotatable bonds is 4. The Labute approximate surface area is 131 Å². The number of anilines is 1. The molecule has 0 unspecified atom stereocenters. The molecule has 21 heavy (non-hydrogen) atoms. The van der Waals surface area contributed by atoms with Crippen LogP contribution in [0.2, 0.25) is 10.0 Å². The predicted octanol–water partition coefficient (Wildman–Crippen LogP) is 4.54. The van der Waals surface area contributed by atoms with E-state index < -0.39 is 17.8 Å². The van der Waals surface area contributed by atoms with E-state index in [2.05, 4.69) is 5.32 Å². The lowest BCUT2D eigenvalue weighted by molar-refractivity contribution is -0.122. The first-order valence-electron chi connectivity index (χ1n) is 6.14. The van der Waals surface area contributed by atoms with Gasteiger partial charge in [0.1, 0.15) is 11.6 Å². The highest BCUT2D eigenvalue weighted by Gasteiger charge is 2.16. The van der Waals surface area contributed by atoms with Crippen molar-refractivity contribution in [2.24, 2.45) is 0 Å². The van der Waals surface area contributed by atoms with E-state index in [-0.39, 0.29) is 5.69 Å². The van der Waals surface area contributed by atoms with E-state index in [0.717, 1.165) is 0 Å². The third-order valence-electron chi connectivity index (χ3n) is 2.68. The number of benzene rings is 2. The lowest BCUT2D eigenvalue weighted by atomic mass is 10.2. The molecule has 1 atom stereocenters. The average Bonchev–Trinajstić information content (AvgIpc) is 2.45. The van der Waals surface area contributed by atoms with Crippen LogP contribution in [0.5, 0.6) is 5.75 Å². The van der Waals surface area contributed by atoms with E-state index in [1.165, 1.54) is 18.2 Å². The molecule has 2 aromatic carbocycles. The van der Waals surface area contributed by atoms with E-state index in [0.29, 0.717) is 15.8 Å². The SMILES string of the molecule is C[C@H](Oc1ccc(Cl)cc1)C(=O)Nc1cc(Cl)ccc1F. The van der Waals surface area contributed by atoms with Crippen LogP contribution in [-0.2, 0) is 4.79 Å². The molecule has 110 valence electrons. The van der Waals surface area contributed by atoms with Gasteiger partial charge in [0.05, 0.1) is 5.69 Å². The Morgan fingerprint density at radius 2 is 1.76 bits per heavy atom. The maximum Gasteiger partial charge on any atom is 0.265 e. The Balaban J connectivity index is 2.02. The van der Waals surface area contributed by atoms with Gasteiger partial charge in [-0.1, -0.05) is 23.2 Å². The van der Waals surface area contributed by atoms with Crippen molar-refractivity contribution in [3.8, 4) is 5.75 Å². The molecule has 0 aromatic heterocycles. The van der Waals surface area contributed by atoms with Gasteiger partial charge in [-0.2, -0.15) is 0 Å². The maximum absolute atomic E-state index is 13.5. The third kappa shape index (κ3) is 4.34. The summed E-state index contributed by atoms with van der Waals surface area (Å²) >= 11 is 11.5. The van der Waals surface area contributed by atoms with E-state index in [4.69, 9.17) is 27.9 Å². The van der Waals surface area contributed by atoms with Gasteiger partial charge in [-0.3, -0.25) is 4.79 Å². The minimum Gasteiger partial charge on any atom is -0.481 e. The number of ether oxygens (including phenoxy) is 1. The fourth-order valence-corrected chi connectivity index (χ4v) is 1.90. The van der Waals surface area contributed by atoms with Crippen molar-refractivity contribution >= 4 is 34.8 Å². The number of carbonyl (C=O) groups excluding carboxylic acids is 1. The van der Waals surface area contributed by atoms with Gasteiger partial charge < -0.3 is 10.1 Å². The molecule has 1 amide bonds. The molecule has 0 saturated carbocycles. The van der Waals surface area contributed by atoms with Gasteiger partial charge in [0.2, 0.25) is 0 Å². The molecule has 1 N–H and O–H groups in total. The van der Waals surface area contributed by atoms with E-state index >= 15 is 0 Å². The summed E-state index contributed by atoms with van der Waals surface area (Å²) < 4.78 is 19.0. The zero-order valence-electron chi connectivity index (χ0n) is 11.1. The lowest BCUT2D eigenvalue weighted by Crippen LogP contribution is -2.30. The summed E-state index contributed by atoms with van der Waals surface area (Å²) in [5.41, 5.74) is 0.0130. The summed E-state index contributed by atoms with van der Waals surface area (Å²) in [5.74, 6) is -0.550. The van der Waals surface area contributed by atoms with Crippen LogP contribution in [-0.4, -0.2) is 12.0 Å². The van der Waals surface area contributed by atoms with Crippen LogP contribution in [0, 0.1) is 5.82 Å². The smallest absolute Gasteiger partial charge is 0.265 e. The normalized spacial score (nSPS) is 11.8. The Morgan fingerprint density at radius 3 is 2.43 bits per heavy atom. The number of hydrogen-bond acceptors (Lipinski definition) is 2. The molecule has 2 aromatic rings. The van der Waals surface area contributed by atoms with Crippen molar-refractivity contribution in [2.75, 3.05) is 5.32 Å². The van der Waals surface area contributed by atoms with Crippen LogP contribution in [0.3, 0.4) is 0 Å². The Kier molecular flexibility index (Phi) is 5.04. The second-order valence-corrected chi connectivity index (χ2v) is 5.20. The van der Waals surface area contributed by atoms with Gasteiger partial charge in [0, 0.05) is 10.0 Å². The number of nitrogens with one attached hydrogen (secondary N) is 1. The summed E-state index contributed by atoms with van der Waals surface area (Å²) in [6.45, 7) is 1.56. The average molecular weight is 328 g/mol. The van der Waals surface area contributed by atoms with E-state index in [9.17, 15) is 9.18 Å². The fraction of sp³-hybridized carbons (Fsp3) is 0.133. The second-order valence-electron chi connectivity index (χ2n) is 4.33. The molecule has 0 fully saturated rings. The summed E-state index contributed by atoms with van der Waals surface area (Å²) in [6, 6.07) is 10.5. The first kappa shape index (κ1) is 15.6. The minimum absolute atomic E-state index is 0.0130. The van der Waals surface area contributed by atoms with Crippen molar-refractivity contribution in [3.05, 3.63) is 58.3 Å². The summed E-state index contributed by atoms with van der Waals surface area (Å²) in [6.07, 6.45) is -0.801. The molecule has 0 aliphatic heterocycles. The highest BCUT2D eigenvalue weighted by Crippen LogP contribution is 2.21. The highest BCUT2D eigenvalue weighted by molar-refractivity contribution is 6.31. The number of amides is 1. The van der Waals surface area contributed by atoms with Gasteiger partial charge in [-0.25, -0.2) is 4.39 Å². The van der Waals surface area contributed by atoms with Crippen molar-refractivity contribution in [1.82, 2.24) is 0 Å². The maximum atomic E-state index is 13.5. The standard InChI is InChI=1S/C15H12Cl2FNO2/c1-9(21-12-5-2-10(16)3-6-12)15(20)19-14-8-11(17)4-7-13(14)18/h2-9H,1H3,(H,19,20)/t9-/m0/s1. The number of carbonyl (C=O) groups is 1. The van der Waals surface area contributed by atoms with Gasteiger partial charge in [0.15, 0.2) is 6.10 Å². The zero-order valence-corrected chi connectivity index (χ0v) is 12.6. The Bertz CT molecular complexity index is 647. The Hall–Kier alpha value is -1.78. The predicted molar refractivity (Wildman–Crippen MR) is 81.6 cm³/mol. The molecule has 3 nitrogen and oxygen atoms in total. The molecule has 0 saturated heterocycles. The monoisotopic (exact) mass is 327 g/mol. The van der Waals surface area contributed by atoms with Crippen LogP contribution in [0.25, 0.3) is 0 Å². The third-order valence-corrected chi connectivity index (χ3v) is 3.17.